The second-order valence-electron chi connectivity index (χ2n) is 2.87. The van der Waals surface area contributed by atoms with E-state index in [9.17, 15) is 20.2 Å². The Morgan fingerprint density at radius 3 is 1.83 bits per heavy atom. The molecule has 1 aliphatic carbocycles. The lowest BCUT2D eigenvalue weighted by Gasteiger charge is -2.17. The molecular weight excluding hydrogens is 164 g/mol. The zero-order valence-corrected chi connectivity index (χ0v) is 6.38. The largest absolute Gasteiger partial charge is 0.264 e. The van der Waals surface area contributed by atoms with Crippen molar-refractivity contribution in [3.63, 3.8) is 0 Å². The van der Waals surface area contributed by atoms with Crippen molar-refractivity contribution in [3.8, 4) is 0 Å². The number of nitro groups is 2. The summed E-state index contributed by atoms with van der Waals surface area (Å²) < 4.78 is 0. The Kier molecular flexibility index (Phi) is 2.57. The predicted molar refractivity (Wildman–Crippen MR) is 39.7 cm³/mol. The highest BCUT2D eigenvalue weighted by molar-refractivity contribution is 4.83. The maximum Gasteiger partial charge on any atom is 0.220 e. The number of rotatable bonds is 2. The predicted octanol–water partition coefficient (Wildman–Crippen LogP) is 0.665. The third-order valence-electron chi connectivity index (χ3n) is 2.02. The lowest BCUT2D eigenvalue weighted by Crippen LogP contribution is -2.34. The summed E-state index contributed by atoms with van der Waals surface area (Å²) in [5, 5.41) is 20.6. The van der Waals surface area contributed by atoms with Gasteiger partial charge in [0.1, 0.15) is 0 Å². The van der Waals surface area contributed by atoms with Crippen LogP contribution in [0.25, 0.3) is 0 Å². The summed E-state index contributed by atoms with van der Waals surface area (Å²) >= 11 is 0. The minimum Gasteiger partial charge on any atom is -0.264 e. The van der Waals surface area contributed by atoms with Gasteiger partial charge in [0.15, 0.2) is 0 Å². The summed E-state index contributed by atoms with van der Waals surface area (Å²) in [4.78, 5) is 19.7. The van der Waals surface area contributed by atoms with Gasteiger partial charge in [-0.25, -0.2) is 0 Å². The van der Waals surface area contributed by atoms with E-state index in [1.165, 1.54) is 0 Å². The van der Waals surface area contributed by atoms with E-state index in [1.54, 1.807) is 6.42 Å². The molecule has 67 valence electrons. The van der Waals surface area contributed by atoms with Gasteiger partial charge in [0.05, 0.1) is 6.42 Å². The van der Waals surface area contributed by atoms with Crippen molar-refractivity contribution in [1.82, 2.24) is 0 Å². The zero-order chi connectivity index (χ0) is 9.14. The third kappa shape index (κ3) is 1.90. The summed E-state index contributed by atoms with van der Waals surface area (Å²) in [5.74, 6) is 0. The van der Waals surface area contributed by atoms with E-state index in [0.29, 0.717) is 12.8 Å². The van der Waals surface area contributed by atoms with Crippen LogP contribution < -0.4 is 0 Å². The summed E-state index contributed by atoms with van der Waals surface area (Å²) in [6, 6.07) is -1.51. The first-order chi connectivity index (χ1) is 5.61. The van der Waals surface area contributed by atoms with Gasteiger partial charge in [-0.05, 0) is 6.42 Å². The molecule has 1 fully saturated rings. The SMILES string of the molecule is O=[N+]([O-])C1C[CH]CC([N+](=O)[O-])C1. The van der Waals surface area contributed by atoms with Crippen LogP contribution in [-0.4, -0.2) is 21.9 Å². The summed E-state index contributed by atoms with van der Waals surface area (Å²) in [6.07, 6.45) is 2.41. The van der Waals surface area contributed by atoms with Crippen molar-refractivity contribution in [2.45, 2.75) is 31.3 Å². The molecular formula is C6H9N2O4. The fraction of sp³-hybridized carbons (Fsp3) is 0.833. The van der Waals surface area contributed by atoms with E-state index in [0.717, 1.165) is 0 Å². The molecule has 2 unspecified atom stereocenters. The van der Waals surface area contributed by atoms with Crippen molar-refractivity contribution < 1.29 is 9.85 Å². The van der Waals surface area contributed by atoms with Gasteiger partial charge in [0, 0.05) is 22.7 Å². The molecule has 0 aromatic rings. The van der Waals surface area contributed by atoms with Crippen LogP contribution in [-0.2, 0) is 0 Å². The standard InChI is InChI=1S/C6H9N2O4/c9-7(10)5-2-1-3-6(4-5)8(11)12/h1,5-6H,2-4H2. The summed E-state index contributed by atoms with van der Waals surface area (Å²) in [7, 11) is 0. The Balaban J connectivity index is 2.51. The first-order valence-electron chi connectivity index (χ1n) is 3.70. The molecule has 0 aromatic heterocycles. The highest BCUT2D eigenvalue weighted by Crippen LogP contribution is 2.21. The maximum absolute atomic E-state index is 10.3. The van der Waals surface area contributed by atoms with Crippen molar-refractivity contribution >= 4 is 0 Å². The highest BCUT2D eigenvalue weighted by atomic mass is 16.6. The molecule has 2 atom stereocenters. The lowest BCUT2D eigenvalue weighted by atomic mass is 9.92. The van der Waals surface area contributed by atoms with Gasteiger partial charge in [-0.3, -0.25) is 20.2 Å². The molecule has 0 N–H and O–H groups in total. The Bertz CT molecular complexity index is 186. The quantitative estimate of drug-likeness (QED) is 0.453. The van der Waals surface area contributed by atoms with Crippen LogP contribution in [0.1, 0.15) is 19.3 Å². The monoisotopic (exact) mass is 173 g/mol. The number of hydrogen-bond acceptors (Lipinski definition) is 4. The van der Waals surface area contributed by atoms with Gasteiger partial charge in [-0.1, -0.05) is 0 Å². The van der Waals surface area contributed by atoms with Gasteiger partial charge < -0.3 is 0 Å². The van der Waals surface area contributed by atoms with Gasteiger partial charge in [0.2, 0.25) is 12.1 Å². The molecule has 1 saturated carbocycles. The van der Waals surface area contributed by atoms with Crippen LogP contribution in [0.5, 0.6) is 0 Å². The van der Waals surface area contributed by atoms with Crippen LogP contribution in [0.4, 0.5) is 0 Å². The molecule has 0 heterocycles. The van der Waals surface area contributed by atoms with E-state index in [-0.39, 0.29) is 6.42 Å². The Hall–Kier alpha value is -1.20. The van der Waals surface area contributed by atoms with Crippen molar-refractivity contribution in [3.05, 3.63) is 26.6 Å². The third-order valence-corrected chi connectivity index (χ3v) is 2.02. The minimum absolute atomic E-state index is 0.0660. The minimum atomic E-state index is -0.755. The molecule has 0 spiro atoms. The molecule has 1 aliphatic rings. The smallest absolute Gasteiger partial charge is 0.220 e. The molecule has 1 rings (SSSR count). The van der Waals surface area contributed by atoms with E-state index in [2.05, 4.69) is 0 Å². The molecule has 0 aromatic carbocycles. The normalized spacial score (nSPS) is 29.7. The van der Waals surface area contributed by atoms with Crippen LogP contribution in [0.15, 0.2) is 0 Å². The zero-order valence-electron chi connectivity index (χ0n) is 6.38. The molecule has 0 amide bonds. The molecule has 1 radical (unpaired) electrons. The van der Waals surface area contributed by atoms with Gasteiger partial charge in [0.25, 0.3) is 0 Å². The van der Waals surface area contributed by atoms with Crippen LogP contribution in [0.3, 0.4) is 0 Å². The molecule has 0 saturated heterocycles. The van der Waals surface area contributed by atoms with Crippen LogP contribution in [0, 0.1) is 26.6 Å². The molecule has 6 nitrogen and oxygen atoms in total. The molecule has 0 aliphatic heterocycles. The Labute approximate surface area is 68.9 Å². The Morgan fingerprint density at radius 1 is 1.08 bits per heavy atom. The second-order valence-corrected chi connectivity index (χ2v) is 2.87. The van der Waals surface area contributed by atoms with Gasteiger partial charge >= 0.3 is 0 Å². The van der Waals surface area contributed by atoms with Crippen molar-refractivity contribution in [2.75, 3.05) is 0 Å². The highest BCUT2D eigenvalue weighted by Gasteiger charge is 2.35. The van der Waals surface area contributed by atoms with E-state index in [1.807, 2.05) is 0 Å². The first-order valence-corrected chi connectivity index (χ1v) is 3.70. The molecule has 12 heavy (non-hydrogen) atoms. The van der Waals surface area contributed by atoms with Crippen molar-refractivity contribution in [1.29, 1.82) is 0 Å². The topological polar surface area (TPSA) is 86.3 Å². The Morgan fingerprint density at radius 2 is 1.50 bits per heavy atom. The first kappa shape index (κ1) is 8.89. The average molecular weight is 173 g/mol. The molecule has 6 heteroatoms. The molecule has 0 bridgehead atoms. The van der Waals surface area contributed by atoms with E-state index in [4.69, 9.17) is 0 Å². The van der Waals surface area contributed by atoms with Gasteiger partial charge in [-0.2, -0.15) is 0 Å². The van der Waals surface area contributed by atoms with Gasteiger partial charge in [-0.15, -0.1) is 0 Å². The average Bonchev–Trinajstić information content (AvgIpc) is 2.04. The second kappa shape index (κ2) is 3.46. The maximum atomic E-state index is 10.3. The summed E-state index contributed by atoms with van der Waals surface area (Å²) in [6.45, 7) is 0. The lowest BCUT2D eigenvalue weighted by molar-refractivity contribution is -0.564. The fourth-order valence-corrected chi connectivity index (χ4v) is 1.33. The number of hydrogen-bond donors (Lipinski definition) is 0. The number of nitrogens with zero attached hydrogens (tertiary/aromatic N) is 2. The van der Waals surface area contributed by atoms with Crippen LogP contribution >= 0.6 is 0 Å². The van der Waals surface area contributed by atoms with Crippen LogP contribution in [0.2, 0.25) is 0 Å². The summed E-state index contributed by atoms with van der Waals surface area (Å²) in [5.41, 5.74) is 0. The fourth-order valence-electron chi connectivity index (χ4n) is 1.33. The van der Waals surface area contributed by atoms with E-state index >= 15 is 0 Å². The van der Waals surface area contributed by atoms with Crippen molar-refractivity contribution in [2.24, 2.45) is 0 Å². The van der Waals surface area contributed by atoms with E-state index < -0.39 is 21.9 Å².